The molecule has 5 heteroatoms. The number of hydrogen-bond acceptors (Lipinski definition) is 2. The predicted molar refractivity (Wildman–Crippen MR) is 94.6 cm³/mol. The molecular formula is C18H14Cl2N2O. The molecule has 23 heavy (non-hydrogen) atoms. The van der Waals surface area contributed by atoms with Gasteiger partial charge in [-0.05, 0) is 49.2 Å². The van der Waals surface area contributed by atoms with Crippen LogP contribution < -0.4 is 5.32 Å². The molecule has 0 aliphatic carbocycles. The molecule has 0 saturated carbocycles. The lowest BCUT2D eigenvalue weighted by Gasteiger charge is -2.10. The van der Waals surface area contributed by atoms with Crippen LogP contribution in [-0.2, 0) is 4.79 Å². The van der Waals surface area contributed by atoms with E-state index in [4.69, 9.17) is 23.2 Å². The molecule has 2 aromatic carbocycles. The Morgan fingerprint density at radius 2 is 1.74 bits per heavy atom. The van der Waals surface area contributed by atoms with Gasteiger partial charge in [-0.15, -0.1) is 0 Å². The van der Waals surface area contributed by atoms with Gasteiger partial charge in [0.2, 0.25) is 0 Å². The zero-order valence-corrected chi connectivity index (χ0v) is 14.2. The summed E-state index contributed by atoms with van der Waals surface area (Å²) in [5, 5.41) is 12.8. The molecule has 116 valence electrons. The van der Waals surface area contributed by atoms with Gasteiger partial charge in [0.25, 0.3) is 5.91 Å². The number of amides is 1. The summed E-state index contributed by atoms with van der Waals surface area (Å²) < 4.78 is 0. The highest BCUT2D eigenvalue weighted by molar-refractivity contribution is 6.37. The first-order valence-corrected chi connectivity index (χ1v) is 7.63. The highest BCUT2D eigenvalue weighted by Gasteiger charge is 2.13. The Labute approximate surface area is 145 Å². The molecule has 0 fully saturated rings. The van der Waals surface area contributed by atoms with Crippen LogP contribution in [0.5, 0.6) is 0 Å². The van der Waals surface area contributed by atoms with Crippen molar-refractivity contribution in [2.45, 2.75) is 13.8 Å². The summed E-state index contributed by atoms with van der Waals surface area (Å²) in [4.78, 5) is 12.3. The van der Waals surface area contributed by atoms with Crippen molar-refractivity contribution in [1.82, 2.24) is 0 Å². The third kappa shape index (κ3) is 3.92. The Balaban J connectivity index is 2.35. The van der Waals surface area contributed by atoms with Crippen LogP contribution in [0.2, 0.25) is 10.0 Å². The molecule has 0 bridgehead atoms. The van der Waals surface area contributed by atoms with Gasteiger partial charge in [0.1, 0.15) is 11.6 Å². The SMILES string of the molecule is Cc1cccc(NC(=O)/C(C#N)=C/c2c(Cl)cccc2Cl)c1C. The fourth-order valence-electron chi connectivity index (χ4n) is 2.02. The highest BCUT2D eigenvalue weighted by Crippen LogP contribution is 2.27. The highest BCUT2D eigenvalue weighted by atomic mass is 35.5. The van der Waals surface area contributed by atoms with E-state index in [1.807, 2.05) is 32.0 Å². The van der Waals surface area contributed by atoms with Crippen molar-refractivity contribution in [2.75, 3.05) is 5.32 Å². The van der Waals surface area contributed by atoms with Crippen molar-refractivity contribution in [3.63, 3.8) is 0 Å². The molecule has 0 heterocycles. The van der Waals surface area contributed by atoms with E-state index in [1.54, 1.807) is 24.3 Å². The van der Waals surface area contributed by atoms with Gasteiger partial charge in [0, 0.05) is 21.3 Å². The first kappa shape index (κ1) is 17.1. The maximum atomic E-state index is 12.3. The number of anilines is 1. The number of carbonyl (C=O) groups excluding carboxylic acids is 1. The second-order valence-corrected chi connectivity index (χ2v) is 5.82. The average molecular weight is 345 g/mol. The normalized spacial score (nSPS) is 11.0. The number of nitrogens with one attached hydrogen (secondary N) is 1. The smallest absolute Gasteiger partial charge is 0.266 e. The summed E-state index contributed by atoms with van der Waals surface area (Å²) in [5.74, 6) is -0.503. The Kier molecular flexibility index (Phi) is 5.44. The van der Waals surface area contributed by atoms with Crippen molar-refractivity contribution >= 4 is 40.9 Å². The lowest BCUT2D eigenvalue weighted by molar-refractivity contribution is -0.112. The molecule has 0 spiro atoms. The number of halogens is 2. The molecule has 0 aliphatic rings. The number of benzene rings is 2. The van der Waals surface area contributed by atoms with Crippen LogP contribution in [0.1, 0.15) is 16.7 Å². The molecule has 2 rings (SSSR count). The lowest BCUT2D eigenvalue weighted by atomic mass is 10.1. The second-order valence-electron chi connectivity index (χ2n) is 5.01. The van der Waals surface area contributed by atoms with Crippen molar-refractivity contribution in [3.05, 3.63) is 68.7 Å². The van der Waals surface area contributed by atoms with E-state index in [-0.39, 0.29) is 5.57 Å². The molecule has 0 unspecified atom stereocenters. The first-order valence-electron chi connectivity index (χ1n) is 6.87. The Bertz CT molecular complexity index is 815. The van der Waals surface area contributed by atoms with Gasteiger partial charge in [-0.25, -0.2) is 0 Å². The number of carbonyl (C=O) groups is 1. The molecule has 1 N–H and O–H groups in total. The fraction of sp³-hybridized carbons (Fsp3) is 0.111. The minimum Gasteiger partial charge on any atom is -0.321 e. The van der Waals surface area contributed by atoms with Crippen LogP contribution in [0.15, 0.2) is 42.0 Å². The molecule has 1 amide bonds. The Morgan fingerprint density at radius 1 is 1.13 bits per heavy atom. The van der Waals surface area contributed by atoms with Gasteiger partial charge in [0.15, 0.2) is 0 Å². The van der Waals surface area contributed by atoms with Crippen LogP contribution in [0.4, 0.5) is 5.69 Å². The zero-order valence-electron chi connectivity index (χ0n) is 12.7. The lowest BCUT2D eigenvalue weighted by Crippen LogP contribution is -2.14. The maximum Gasteiger partial charge on any atom is 0.266 e. The Hall–Kier alpha value is -2.28. The van der Waals surface area contributed by atoms with Crippen LogP contribution in [0.25, 0.3) is 6.08 Å². The molecule has 0 atom stereocenters. The van der Waals surface area contributed by atoms with Crippen LogP contribution in [0.3, 0.4) is 0 Å². The monoisotopic (exact) mass is 344 g/mol. The van der Waals surface area contributed by atoms with Crippen molar-refractivity contribution in [2.24, 2.45) is 0 Å². The first-order chi connectivity index (χ1) is 10.9. The fourth-order valence-corrected chi connectivity index (χ4v) is 2.52. The van der Waals surface area contributed by atoms with Crippen LogP contribution in [0, 0.1) is 25.2 Å². The van der Waals surface area contributed by atoms with Gasteiger partial charge in [-0.1, -0.05) is 41.4 Å². The summed E-state index contributed by atoms with van der Waals surface area (Å²) >= 11 is 12.1. The van der Waals surface area contributed by atoms with Crippen molar-refractivity contribution in [1.29, 1.82) is 5.26 Å². The average Bonchev–Trinajstić information content (AvgIpc) is 2.51. The number of aryl methyl sites for hydroxylation is 1. The van der Waals surface area contributed by atoms with Gasteiger partial charge < -0.3 is 5.32 Å². The van der Waals surface area contributed by atoms with E-state index < -0.39 is 5.91 Å². The summed E-state index contributed by atoms with van der Waals surface area (Å²) in [5.41, 5.74) is 3.05. The quantitative estimate of drug-likeness (QED) is 0.617. The molecule has 0 aliphatic heterocycles. The standard InChI is InChI=1S/C18H14Cl2N2O/c1-11-5-3-8-17(12(11)2)22-18(23)13(10-21)9-14-15(19)6-4-7-16(14)20/h3-9H,1-2H3,(H,22,23)/b13-9+. The zero-order chi connectivity index (χ0) is 17.0. The summed E-state index contributed by atoms with van der Waals surface area (Å²) in [6, 6.07) is 12.5. The Morgan fingerprint density at radius 3 is 2.35 bits per heavy atom. The van der Waals surface area contributed by atoms with E-state index in [2.05, 4.69) is 5.32 Å². The maximum absolute atomic E-state index is 12.3. The second kappa shape index (κ2) is 7.32. The molecule has 0 aromatic heterocycles. The minimum absolute atomic E-state index is 0.0686. The molecule has 3 nitrogen and oxygen atoms in total. The van der Waals surface area contributed by atoms with E-state index >= 15 is 0 Å². The topological polar surface area (TPSA) is 52.9 Å². The predicted octanol–water partition coefficient (Wildman–Crippen LogP) is 5.16. The number of hydrogen-bond donors (Lipinski definition) is 1. The van der Waals surface area contributed by atoms with E-state index in [0.29, 0.717) is 21.3 Å². The van der Waals surface area contributed by atoms with Crippen LogP contribution >= 0.6 is 23.2 Å². The van der Waals surface area contributed by atoms with Gasteiger partial charge in [0.05, 0.1) is 0 Å². The van der Waals surface area contributed by atoms with Gasteiger partial charge >= 0.3 is 0 Å². The van der Waals surface area contributed by atoms with E-state index in [9.17, 15) is 10.1 Å². The van der Waals surface area contributed by atoms with Crippen molar-refractivity contribution < 1.29 is 4.79 Å². The van der Waals surface area contributed by atoms with E-state index in [1.165, 1.54) is 6.08 Å². The summed E-state index contributed by atoms with van der Waals surface area (Å²) in [6.45, 7) is 3.86. The third-order valence-corrected chi connectivity index (χ3v) is 4.17. The largest absolute Gasteiger partial charge is 0.321 e. The number of nitriles is 1. The van der Waals surface area contributed by atoms with Gasteiger partial charge in [-0.2, -0.15) is 5.26 Å². The van der Waals surface area contributed by atoms with Crippen LogP contribution in [-0.4, -0.2) is 5.91 Å². The molecule has 0 radical (unpaired) electrons. The third-order valence-electron chi connectivity index (χ3n) is 3.51. The van der Waals surface area contributed by atoms with Crippen molar-refractivity contribution in [3.8, 4) is 6.07 Å². The minimum atomic E-state index is -0.503. The number of rotatable bonds is 3. The summed E-state index contributed by atoms with van der Waals surface area (Å²) in [7, 11) is 0. The molecule has 0 saturated heterocycles. The molecular weight excluding hydrogens is 331 g/mol. The molecule has 2 aromatic rings. The van der Waals surface area contributed by atoms with E-state index in [0.717, 1.165) is 11.1 Å². The van der Waals surface area contributed by atoms with Gasteiger partial charge in [-0.3, -0.25) is 4.79 Å². The summed E-state index contributed by atoms with van der Waals surface area (Å²) in [6.07, 6.45) is 1.39. The number of nitrogens with zero attached hydrogens (tertiary/aromatic N) is 1.